The number of benzene rings is 1. The van der Waals surface area contributed by atoms with Gasteiger partial charge in [-0.15, -0.1) is 11.3 Å². The number of carbonyl (C=O) groups is 4. The van der Waals surface area contributed by atoms with Gasteiger partial charge in [-0.05, 0) is 48.6 Å². The van der Waals surface area contributed by atoms with Crippen LogP contribution in [0.4, 0.5) is 5.69 Å². The van der Waals surface area contributed by atoms with Crippen molar-refractivity contribution in [2.45, 2.75) is 31.8 Å². The minimum atomic E-state index is -0.807. The normalized spacial score (nSPS) is 18.8. The molecule has 1 saturated heterocycles. The molecule has 0 spiro atoms. The molecule has 8 heteroatoms. The summed E-state index contributed by atoms with van der Waals surface area (Å²) in [6.45, 7) is 0.325. The Labute approximate surface area is 171 Å². The van der Waals surface area contributed by atoms with Gasteiger partial charge in [-0.1, -0.05) is 6.07 Å². The standard InChI is InChI=1S/C21H20N2O5S/c1-28-21(27)14-6-8-15(9-7-14)23-18(24)11-17(20(23)26)22(19(25)13-4-5-13)12-16-3-2-10-29-16/h2-3,6-10,13,17H,4-5,11-12H2,1H3. The minimum Gasteiger partial charge on any atom is -0.465 e. The second kappa shape index (κ2) is 7.79. The Bertz CT molecular complexity index is 950. The Morgan fingerprint density at radius 1 is 1.17 bits per heavy atom. The highest BCUT2D eigenvalue weighted by Crippen LogP contribution is 2.35. The van der Waals surface area contributed by atoms with Gasteiger partial charge in [0, 0.05) is 10.8 Å². The molecule has 1 saturated carbocycles. The summed E-state index contributed by atoms with van der Waals surface area (Å²) in [6, 6.07) is 9.10. The number of rotatable bonds is 6. The van der Waals surface area contributed by atoms with Gasteiger partial charge in [-0.3, -0.25) is 14.4 Å². The molecule has 1 aromatic heterocycles. The molecule has 1 aromatic carbocycles. The van der Waals surface area contributed by atoms with E-state index in [1.807, 2.05) is 17.5 Å². The number of carbonyl (C=O) groups excluding carboxylic acids is 4. The van der Waals surface area contributed by atoms with Crippen LogP contribution in [0.1, 0.15) is 34.5 Å². The Balaban J connectivity index is 1.58. The zero-order valence-electron chi connectivity index (χ0n) is 15.9. The van der Waals surface area contributed by atoms with Crippen LogP contribution in [0.5, 0.6) is 0 Å². The van der Waals surface area contributed by atoms with Gasteiger partial charge in [0.25, 0.3) is 5.91 Å². The summed E-state index contributed by atoms with van der Waals surface area (Å²) >= 11 is 1.52. The molecule has 4 rings (SSSR count). The second-order valence-corrected chi connectivity index (χ2v) is 8.18. The molecular formula is C21H20N2O5S. The molecule has 29 heavy (non-hydrogen) atoms. The van der Waals surface area contributed by atoms with E-state index in [-0.39, 0.29) is 24.2 Å². The Morgan fingerprint density at radius 3 is 2.48 bits per heavy atom. The van der Waals surface area contributed by atoms with E-state index in [4.69, 9.17) is 0 Å². The van der Waals surface area contributed by atoms with Crippen molar-refractivity contribution < 1.29 is 23.9 Å². The summed E-state index contributed by atoms with van der Waals surface area (Å²) in [5, 5.41) is 1.92. The largest absolute Gasteiger partial charge is 0.465 e. The minimum absolute atomic E-state index is 0.0403. The van der Waals surface area contributed by atoms with Gasteiger partial charge >= 0.3 is 5.97 Å². The lowest BCUT2D eigenvalue weighted by molar-refractivity contribution is -0.140. The van der Waals surface area contributed by atoms with E-state index in [1.165, 1.54) is 42.7 Å². The van der Waals surface area contributed by atoms with Gasteiger partial charge in [-0.25, -0.2) is 9.69 Å². The number of methoxy groups -OCH3 is 1. The van der Waals surface area contributed by atoms with Gasteiger partial charge in [0.2, 0.25) is 11.8 Å². The first-order valence-corrected chi connectivity index (χ1v) is 10.3. The van der Waals surface area contributed by atoms with E-state index in [9.17, 15) is 19.2 Å². The topological polar surface area (TPSA) is 84.0 Å². The average Bonchev–Trinajstić information content (AvgIpc) is 3.38. The van der Waals surface area contributed by atoms with Crippen LogP contribution in [-0.4, -0.2) is 41.7 Å². The lowest BCUT2D eigenvalue weighted by Gasteiger charge is -2.27. The maximum atomic E-state index is 13.1. The van der Waals surface area contributed by atoms with Crippen molar-refractivity contribution in [3.63, 3.8) is 0 Å². The van der Waals surface area contributed by atoms with Crippen LogP contribution in [0.15, 0.2) is 41.8 Å². The van der Waals surface area contributed by atoms with Crippen molar-refractivity contribution in [3.8, 4) is 0 Å². The van der Waals surface area contributed by atoms with Gasteiger partial charge in [0.1, 0.15) is 6.04 Å². The van der Waals surface area contributed by atoms with E-state index in [1.54, 1.807) is 4.90 Å². The predicted octanol–water partition coefficient (Wildman–Crippen LogP) is 2.61. The lowest BCUT2D eigenvalue weighted by atomic mass is 10.1. The summed E-state index contributed by atoms with van der Waals surface area (Å²) in [4.78, 5) is 53.9. The lowest BCUT2D eigenvalue weighted by Crippen LogP contribution is -2.45. The monoisotopic (exact) mass is 412 g/mol. The molecule has 2 aliphatic rings. The number of esters is 1. The number of anilines is 1. The van der Waals surface area contributed by atoms with Crippen LogP contribution >= 0.6 is 11.3 Å². The number of ether oxygens (including phenoxy) is 1. The number of hydrogen-bond acceptors (Lipinski definition) is 6. The summed E-state index contributed by atoms with van der Waals surface area (Å²) in [6.07, 6.45) is 1.61. The highest BCUT2D eigenvalue weighted by Gasteiger charge is 2.46. The van der Waals surface area contributed by atoms with Crippen molar-refractivity contribution in [1.29, 1.82) is 0 Å². The van der Waals surface area contributed by atoms with Crippen LogP contribution in [0.2, 0.25) is 0 Å². The zero-order chi connectivity index (χ0) is 20.5. The van der Waals surface area contributed by atoms with Crippen molar-refractivity contribution >= 4 is 40.7 Å². The molecule has 0 bridgehead atoms. The molecule has 1 aliphatic heterocycles. The first-order valence-electron chi connectivity index (χ1n) is 9.37. The zero-order valence-corrected chi connectivity index (χ0v) is 16.7. The van der Waals surface area contributed by atoms with Gasteiger partial charge < -0.3 is 9.64 Å². The van der Waals surface area contributed by atoms with E-state index in [0.717, 1.165) is 22.6 Å². The molecule has 1 atom stereocenters. The quantitative estimate of drug-likeness (QED) is 0.538. The molecule has 2 fully saturated rings. The van der Waals surface area contributed by atoms with E-state index in [0.29, 0.717) is 17.8 Å². The van der Waals surface area contributed by atoms with Crippen molar-refractivity contribution in [1.82, 2.24) is 4.90 Å². The van der Waals surface area contributed by atoms with Gasteiger partial charge in [0.05, 0.1) is 31.3 Å². The first kappa shape index (κ1) is 19.3. The van der Waals surface area contributed by atoms with Crippen LogP contribution in [0.25, 0.3) is 0 Å². The summed E-state index contributed by atoms with van der Waals surface area (Å²) in [5.41, 5.74) is 0.709. The summed E-state index contributed by atoms with van der Waals surface area (Å²) in [5.74, 6) is -1.37. The second-order valence-electron chi connectivity index (χ2n) is 7.15. The predicted molar refractivity (Wildman–Crippen MR) is 106 cm³/mol. The fourth-order valence-electron chi connectivity index (χ4n) is 3.47. The van der Waals surface area contributed by atoms with Crippen LogP contribution in [0.3, 0.4) is 0 Å². The summed E-state index contributed by atoms with van der Waals surface area (Å²) in [7, 11) is 1.29. The number of imide groups is 1. The smallest absolute Gasteiger partial charge is 0.337 e. The molecule has 1 unspecified atom stereocenters. The Hall–Kier alpha value is -3.00. The van der Waals surface area contributed by atoms with Crippen LogP contribution in [0, 0.1) is 5.92 Å². The fourth-order valence-corrected chi connectivity index (χ4v) is 4.17. The fraction of sp³-hybridized carbons (Fsp3) is 0.333. The molecule has 3 amide bonds. The highest BCUT2D eigenvalue weighted by molar-refractivity contribution is 7.09. The SMILES string of the molecule is COC(=O)c1ccc(N2C(=O)CC(N(Cc3cccs3)C(=O)C3CC3)C2=O)cc1. The number of nitrogens with zero attached hydrogens (tertiary/aromatic N) is 2. The number of hydrogen-bond donors (Lipinski definition) is 0. The van der Waals surface area contributed by atoms with E-state index < -0.39 is 17.9 Å². The molecule has 2 aromatic rings. The number of amides is 3. The average molecular weight is 412 g/mol. The summed E-state index contributed by atoms with van der Waals surface area (Å²) < 4.78 is 4.67. The maximum absolute atomic E-state index is 13.1. The van der Waals surface area contributed by atoms with E-state index in [2.05, 4.69) is 4.74 Å². The molecule has 0 N–H and O–H groups in total. The number of thiophene rings is 1. The first-order chi connectivity index (χ1) is 14.0. The Kier molecular flexibility index (Phi) is 5.19. The molecule has 1 aliphatic carbocycles. The van der Waals surface area contributed by atoms with Gasteiger partial charge in [-0.2, -0.15) is 0 Å². The molecule has 0 radical (unpaired) electrons. The van der Waals surface area contributed by atoms with Crippen LogP contribution < -0.4 is 4.90 Å². The van der Waals surface area contributed by atoms with E-state index >= 15 is 0 Å². The Morgan fingerprint density at radius 2 is 1.90 bits per heavy atom. The third-order valence-corrected chi connectivity index (χ3v) is 6.02. The third kappa shape index (κ3) is 3.80. The van der Waals surface area contributed by atoms with Crippen LogP contribution in [-0.2, 0) is 25.7 Å². The molecule has 150 valence electrons. The van der Waals surface area contributed by atoms with Crippen molar-refractivity contribution in [2.24, 2.45) is 5.92 Å². The highest BCUT2D eigenvalue weighted by atomic mass is 32.1. The van der Waals surface area contributed by atoms with Gasteiger partial charge in [0.15, 0.2) is 0 Å². The van der Waals surface area contributed by atoms with Crippen molar-refractivity contribution in [2.75, 3.05) is 12.0 Å². The molecular weight excluding hydrogens is 392 g/mol. The third-order valence-electron chi connectivity index (χ3n) is 5.16. The molecule has 2 heterocycles. The molecule has 7 nitrogen and oxygen atoms in total. The maximum Gasteiger partial charge on any atom is 0.337 e. The van der Waals surface area contributed by atoms with Crippen molar-refractivity contribution in [3.05, 3.63) is 52.2 Å².